The average Bonchev–Trinajstić information content (AvgIpc) is 2.24. The van der Waals surface area contributed by atoms with E-state index in [4.69, 9.17) is 5.73 Å². The fourth-order valence-electron chi connectivity index (χ4n) is 1.69. The minimum atomic E-state index is -0.609. The van der Waals surface area contributed by atoms with Crippen LogP contribution in [0.3, 0.4) is 0 Å². The third kappa shape index (κ3) is 2.61. The van der Waals surface area contributed by atoms with Crippen LogP contribution in [0.25, 0.3) is 0 Å². The molecule has 0 saturated heterocycles. The Morgan fingerprint density at radius 3 is 2.22 bits per heavy atom. The quantitative estimate of drug-likeness (QED) is 0.889. The van der Waals surface area contributed by atoms with Gasteiger partial charge in [-0.2, -0.15) is 0 Å². The highest BCUT2D eigenvalue weighted by Gasteiger charge is 2.08. The summed E-state index contributed by atoms with van der Waals surface area (Å²) in [7, 11) is 0. The van der Waals surface area contributed by atoms with E-state index in [9.17, 15) is 8.78 Å². The Morgan fingerprint density at radius 2 is 1.67 bits per heavy atom. The van der Waals surface area contributed by atoms with E-state index in [-0.39, 0.29) is 6.42 Å². The number of halogens is 2. The molecule has 0 fully saturated rings. The summed E-state index contributed by atoms with van der Waals surface area (Å²) in [4.78, 5) is 8.36. The Morgan fingerprint density at radius 1 is 1.06 bits per heavy atom. The van der Waals surface area contributed by atoms with Crippen LogP contribution in [0.4, 0.5) is 14.6 Å². The van der Waals surface area contributed by atoms with Gasteiger partial charge in [0.15, 0.2) is 0 Å². The first-order valence-electron chi connectivity index (χ1n) is 5.50. The Bertz CT molecular complexity index is 554. The number of benzene rings is 1. The van der Waals surface area contributed by atoms with E-state index >= 15 is 0 Å². The standard InChI is InChI=1S/C13H13F2N3/c1-7-8(2)17-12(18-13(7)16)5-9-3-10(14)6-11(15)4-9/h3-4,6H,5H2,1-2H3,(H2,16,17,18). The summed E-state index contributed by atoms with van der Waals surface area (Å²) in [5, 5.41) is 0. The van der Waals surface area contributed by atoms with Gasteiger partial charge in [-0.1, -0.05) is 0 Å². The van der Waals surface area contributed by atoms with Gasteiger partial charge in [-0.15, -0.1) is 0 Å². The van der Waals surface area contributed by atoms with Crippen LogP contribution in [-0.2, 0) is 6.42 Å². The number of nitrogens with zero attached hydrogens (tertiary/aromatic N) is 2. The zero-order chi connectivity index (χ0) is 13.3. The lowest BCUT2D eigenvalue weighted by Crippen LogP contribution is -2.05. The van der Waals surface area contributed by atoms with E-state index in [1.54, 1.807) is 0 Å². The fourth-order valence-corrected chi connectivity index (χ4v) is 1.69. The molecule has 18 heavy (non-hydrogen) atoms. The van der Waals surface area contributed by atoms with Gasteiger partial charge in [0.25, 0.3) is 0 Å². The molecule has 1 heterocycles. The molecule has 0 aliphatic carbocycles. The zero-order valence-electron chi connectivity index (χ0n) is 10.2. The second kappa shape index (κ2) is 4.68. The van der Waals surface area contributed by atoms with Crippen molar-refractivity contribution < 1.29 is 8.78 Å². The van der Waals surface area contributed by atoms with E-state index in [0.29, 0.717) is 17.2 Å². The topological polar surface area (TPSA) is 51.8 Å². The maximum absolute atomic E-state index is 13.0. The van der Waals surface area contributed by atoms with Gasteiger partial charge in [-0.3, -0.25) is 0 Å². The molecule has 0 amide bonds. The minimum Gasteiger partial charge on any atom is -0.383 e. The van der Waals surface area contributed by atoms with Crippen molar-refractivity contribution >= 4 is 5.82 Å². The molecule has 2 N–H and O–H groups in total. The lowest BCUT2D eigenvalue weighted by Gasteiger charge is -2.07. The van der Waals surface area contributed by atoms with E-state index in [0.717, 1.165) is 17.3 Å². The number of aromatic nitrogens is 2. The highest BCUT2D eigenvalue weighted by molar-refractivity contribution is 5.41. The van der Waals surface area contributed by atoms with Crippen LogP contribution in [0.15, 0.2) is 18.2 Å². The number of rotatable bonds is 2. The molecule has 0 atom stereocenters. The van der Waals surface area contributed by atoms with Gasteiger partial charge in [0.05, 0.1) is 0 Å². The van der Waals surface area contributed by atoms with Crippen molar-refractivity contribution in [2.75, 3.05) is 5.73 Å². The maximum Gasteiger partial charge on any atom is 0.135 e. The Kier molecular flexibility index (Phi) is 3.23. The number of nitrogen functional groups attached to an aromatic ring is 1. The van der Waals surface area contributed by atoms with Gasteiger partial charge in [-0.05, 0) is 31.5 Å². The predicted octanol–water partition coefficient (Wildman–Crippen LogP) is 2.54. The van der Waals surface area contributed by atoms with Crippen molar-refractivity contribution in [2.45, 2.75) is 20.3 Å². The number of hydrogen-bond donors (Lipinski definition) is 1. The summed E-state index contributed by atoms with van der Waals surface area (Å²) in [6.07, 6.45) is 0.250. The molecule has 1 aromatic heterocycles. The molecule has 2 rings (SSSR count). The smallest absolute Gasteiger partial charge is 0.135 e. The van der Waals surface area contributed by atoms with E-state index in [2.05, 4.69) is 9.97 Å². The summed E-state index contributed by atoms with van der Waals surface area (Å²) in [5.74, 6) is -0.362. The number of hydrogen-bond acceptors (Lipinski definition) is 3. The van der Waals surface area contributed by atoms with Crippen LogP contribution < -0.4 is 5.73 Å². The number of anilines is 1. The van der Waals surface area contributed by atoms with Crippen molar-refractivity contribution in [1.29, 1.82) is 0 Å². The van der Waals surface area contributed by atoms with Crippen molar-refractivity contribution in [3.8, 4) is 0 Å². The first kappa shape index (κ1) is 12.4. The molecular formula is C13H13F2N3. The van der Waals surface area contributed by atoms with Crippen LogP contribution in [0, 0.1) is 25.5 Å². The average molecular weight is 249 g/mol. The van der Waals surface area contributed by atoms with Crippen molar-refractivity contribution in [2.24, 2.45) is 0 Å². The molecular weight excluding hydrogens is 236 g/mol. The Balaban J connectivity index is 2.34. The normalized spacial score (nSPS) is 10.7. The Labute approximate surface area is 104 Å². The van der Waals surface area contributed by atoms with Crippen molar-refractivity contribution in [1.82, 2.24) is 9.97 Å². The zero-order valence-corrected chi connectivity index (χ0v) is 10.2. The predicted molar refractivity (Wildman–Crippen MR) is 65.1 cm³/mol. The number of aryl methyl sites for hydroxylation is 1. The van der Waals surface area contributed by atoms with E-state index in [1.165, 1.54) is 12.1 Å². The minimum absolute atomic E-state index is 0.250. The van der Waals surface area contributed by atoms with Crippen LogP contribution in [0.2, 0.25) is 0 Å². The van der Waals surface area contributed by atoms with Crippen LogP contribution in [-0.4, -0.2) is 9.97 Å². The summed E-state index contributed by atoms with van der Waals surface area (Å²) in [6, 6.07) is 3.36. The second-order valence-corrected chi connectivity index (χ2v) is 4.19. The highest BCUT2D eigenvalue weighted by atomic mass is 19.1. The van der Waals surface area contributed by atoms with Crippen molar-refractivity contribution in [3.63, 3.8) is 0 Å². The van der Waals surface area contributed by atoms with Gasteiger partial charge in [0, 0.05) is 23.7 Å². The van der Waals surface area contributed by atoms with Gasteiger partial charge in [0.1, 0.15) is 23.3 Å². The molecule has 0 spiro atoms. The summed E-state index contributed by atoms with van der Waals surface area (Å²) in [5.41, 5.74) is 7.81. The van der Waals surface area contributed by atoms with Crippen LogP contribution >= 0.6 is 0 Å². The number of nitrogens with two attached hydrogens (primary N) is 1. The molecule has 3 nitrogen and oxygen atoms in total. The van der Waals surface area contributed by atoms with E-state index in [1.807, 2.05) is 13.8 Å². The van der Waals surface area contributed by atoms with Gasteiger partial charge in [0.2, 0.25) is 0 Å². The third-order valence-electron chi connectivity index (χ3n) is 2.76. The molecule has 0 aliphatic heterocycles. The van der Waals surface area contributed by atoms with Gasteiger partial charge in [-0.25, -0.2) is 18.7 Å². The van der Waals surface area contributed by atoms with Crippen molar-refractivity contribution in [3.05, 3.63) is 52.5 Å². The first-order valence-corrected chi connectivity index (χ1v) is 5.50. The third-order valence-corrected chi connectivity index (χ3v) is 2.76. The molecule has 0 unspecified atom stereocenters. The summed E-state index contributed by atoms with van der Waals surface area (Å²) < 4.78 is 26.1. The molecule has 0 bridgehead atoms. The molecule has 2 aromatic rings. The molecule has 0 saturated carbocycles. The maximum atomic E-state index is 13.0. The lowest BCUT2D eigenvalue weighted by atomic mass is 10.1. The Hall–Kier alpha value is -2.04. The van der Waals surface area contributed by atoms with Gasteiger partial charge < -0.3 is 5.73 Å². The molecule has 1 aromatic carbocycles. The molecule has 5 heteroatoms. The lowest BCUT2D eigenvalue weighted by molar-refractivity contribution is 0.580. The fraction of sp³-hybridized carbons (Fsp3) is 0.231. The van der Waals surface area contributed by atoms with Crippen LogP contribution in [0.1, 0.15) is 22.6 Å². The van der Waals surface area contributed by atoms with Gasteiger partial charge >= 0.3 is 0 Å². The largest absolute Gasteiger partial charge is 0.383 e. The highest BCUT2D eigenvalue weighted by Crippen LogP contribution is 2.15. The summed E-state index contributed by atoms with van der Waals surface area (Å²) >= 11 is 0. The first-order chi connectivity index (χ1) is 8.45. The molecule has 0 aliphatic rings. The van der Waals surface area contributed by atoms with Crippen LogP contribution in [0.5, 0.6) is 0 Å². The monoisotopic (exact) mass is 249 g/mol. The second-order valence-electron chi connectivity index (χ2n) is 4.19. The molecule has 0 radical (unpaired) electrons. The molecule has 94 valence electrons. The van der Waals surface area contributed by atoms with E-state index < -0.39 is 11.6 Å². The SMILES string of the molecule is Cc1nc(Cc2cc(F)cc(F)c2)nc(N)c1C. The summed E-state index contributed by atoms with van der Waals surface area (Å²) in [6.45, 7) is 3.65.